The molecule has 0 aromatic heterocycles. The number of ether oxygens (including phenoxy) is 2. The van der Waals surface area contributed by atoms with Crippen molar-refractivity contribution in [1.82, 2.24) is 10.2 Å². The maximum absolute atomic E-state index is 12.3. The van der Waals surface area contributed by atoms with E-state index in [2.05, 4.69) is 19.2 Å². The summed E-state index contributed by atoms with van der Waals surface area (Å²) in [5.74, 6) is 2.57. The number of hydrogen-bond acceptors (Lipinski definition) is 3. The summed E-state index contributed by atoms with van der Waals surface area (Å²) >= 11 is 0. The van der Waals surface area contributed by atoms with Crippen LogP contribution in [0.15, 0.2) is 18.2 Å². The van der Waals surface area contributed by atoms with Crippen molar-refractivity contribution in [3.05, 3.63) is 23.8 Å². The molecule has 122 valence electrons. The maximum atomic E-state index is 12.3. The van der Waals surface area contributed by atoms with E-state index in [0.29, 0.717) is 18.4 Å². The average Bonchev–Trinajstić information content (AvgIpc) is 2.51. The molecular formula is C17H26N2O3. The third kappa shape index (κ3) is 4.29. The van der Waals surface area contributed by atoms with Gasteiger partial charge in [-0.05, 0) is 36.0 Å². The Labute approximate surface area is 132 Å². The van der Waals surface area contributed by atoms with E-state index in [-0.39, 0.29) is 6.03 Å². The van der Waals surface area contributed by atoms with Crippen molar-refractivity contribution in [1.29, 1.82) is 0 Å². The quantitative estimate of drug-likeness (QED) is 0.930. The molecule has 1 N–H and O–H groups in total. The number of carbonyl (C=O) groups is 1. The molecule has 0 saturated carbocycles. The summed E-state index contributed by atoms with van der Waals surface area (Å²) in [4.78, 5) is 14.2. The Kier molecular flexibility index (Phi) is 5.52. The Bertz CT molecular complexity index is 486. The van der Waals surface area contributed by atoms with Gasteiger partial charge in [0.1, 0.15) is 11.5 Å². The normalized spacial score (nSPS) is 21.4. The topological polar surface area (TPSA) is 50.8 Å². The van der Waals surface area contributed by atoms with Gasteiger partial charge in [0.05, 0.1) is 14.2 Å². The molecule has 1 fully saturated rings. The first kappa shape index (κ1) is 16.5. The molecule has 5 nitrogen and oxygen atoms in total. The number of methoxy groups -OCH3 is 2. The van der Waals surface area contributed by atoms with Gasteiger partial charge in [0.15, 0.2) is 0 Å². The van der Waals surface area contributed by atoms with Crippen molar-refractivity contribution in [2.75, 3.05) is 27.3 Å². The zero-order chi connectivity index (χ0) is 16.1. The molecule has 0 radical (unpaired) electrons. The SMILES string of the molecule is COc1cc(CNC(=O)N2CC(C)CC(C)C2)cc(OC)c1. The van der Waals surface area contributed by atoms with Crippen molar-refractivity contribution in [2.24, 2.45) is 11.8 Å². The molecule has 22 heavy (non-hydrogen) atoms. The summed E-state index contributed by atoms with van der Waals surface area (Å²) < 4.78 is 10.5. The van der Waals surface area contributed by atoms with Crippen molar-refractivity contribution in [2.45, 2.75) is 26.8 Å². The predicted molar refractivity (Wildman–Crippen MR) is 86.3 cm³/mol. The van der Waals surface area contributed by atoms with Gasteiger partial charge < -0.3 is 19.7 Å². The number of piperidine rings is 1. The van der Waals surface area contributed by atoms with Gasteiger partial charge in [0, 0.05) is 25.7 Å². The summed E-state index contributed by atoms with van der Waals surface area (Å²) in [6, 6.07) is 5.63. The van der Waals surface area contributed by atoms with E-state index >= 15 is 0 Å². The third-order valence-electron chi connectivity index (χ3n) is 4.01. The summed E-state index contributed by atoms with van der Waals surface area (Å²) in [5.41, 5.74) is 0.961. The smallest absolute Gasteiger partial charge is 0.317 e. The van der Waals surface area contributed by atoms with Crippen LogP contribution in [-0.2, 0) is 6.54 Å². The molecule has 2 amide bonds. The van der Waals surface area contributed by atoms with Crippen LogP contribution in [0.2, 0.25) is 0 Å². The number of nitrogens with one attached hydrogen (secondary N) is 1. The minimum Gasteiger partial charge on any atom is -0.497 e. The molecule has 1 saturated heterocycles. The van der Waals surface area contributed by atoms with Gasteiger partial charge in [0.2, 0.25) is 0 Å². The standard InChI is InChI=1S/C17H26N2O3/c1-12-5-13(2)11-19(10-12)17(20)18-9-14-6-15(21-3)8-16(7-14)22-4/h6-8,12-13H,5,9-11H2,1-4H3,(H,18,20). The Morgan fingerprint density at radius 1 is 1.14 bits per heavy atom. The van der Waals surface area contributed by atoms with Gasteiger partial charge in [0.25, 0.3) is 0 Å². The summed E-state index contributed by atoms with van der Waals surface area (Å²) in [6.45, 7) is 6.52. The largest absolute Gasteiger partial charge is 0.497 e. The molecule has 5 heteroatoms. The maximum Gasteiger partial charge on any atom is 0.317 e. The lowest BCUT2D eigenvalue weighted by Crippen LogP contribution is -2.47. The second kappa shape index (κ2) is 7.38. The molecule has 1 aromatic rings. The Hall–Kier alpha value is -1.91. The van der Waals surface area contributed by atoms with Crippen LogP contribution in [0.4, 0.5) is 4.79 Å². The van der Waals surface area contributed by atoms with Crippen LogP contribution in [0.3, 0.4) is 0 Å². The first-order valence-electron chi connectivity index (χ1n) is 7.76. The van der Waals surface area contributed by atoms with E-state index < -0.39 is 0 Å². The highest BCUT2D eigenvalue weighted by atomic mass is 16.5. The first-order valence-corrected chi connectivity index (χ1v) is 7.76. The zero-order valence-electron chi connectivity index (χ0n) is 13.9. The lowest BCUT2D eigenvalue weighted by Gasteiger charge is -2.34. The molecule has 1 aliphatic heterocycles. The van der Waals surface area contributed by atoms with Crippen molar-refractivity contribution in [3.63, 3.8) is 0 Å². The van der Waals surface area contributed by atoms with Crippen LogP contribution in [0.25, 0.3) is 0 Å². The van der Waals surface area contributed by atoms with Gasteiger partial charge >= 0.3 is 6.03 Å². The lowest BCUT2D eigenvalue weighted by molar-refractivity contribution is 0.146. The molecule has 2 unspecified atom stereocenters. The monoisotopic (exact) mass is 306 g/mol. The Morgan fingerprint density at radius 3 is 2.18 bits per heavy atom. The van der Waals surface area contributed by atoms with Crippen LogP contribution < -0.4 is 14.8 Å². The van der Waals surface area contributed by atoms with Crippen molar-refractivity contribution < 1.29 is 14.3 Å². The molecule has 2 atom stereocenters. The van der Waals surface area contributed by atoms with E-state index in [4.69, 9.17) is 9.47 Å². The first-order chi connectivity index (χ1) is 10.5. The molecule has 0 spiro atoms. The highest BCUT2D eigenvalue weighted by Gasteiger charge is 2.25. The molecule has 2 rings (SSSR count). The summed E-state index contributed by atoms with van der Waals surface area (Å²) in [7, 11) is 3.24. The number of nitrogens with zero attached hydrogens (tertiary/aromatic N) is 1. The molecule has 1 heterocycles. The molecule has 0 aliphatic carbocycles. The lowest BCUT2D eigenvalue weighted by atomic mass is 9.92. The fourth-order valence-corrected chi connectivity index (χ4v) is 3.09. The Balaban J connectivity index is 1.96. The van der Waals surface area contributed by atoms with Crippen LogP contribution in [0.1, 0.15) is 25.8 Å². The van der Waals surface area contributed by atoms with E-state index in [0.717, 1.165) is 30.2 Å². The van der Waals surface area contributed by atoms with E-state index in [1.807, 2.05) is 23.1 Å². The molecule has 0 bridgehead atoms. The molecular weight excluding hydrogens is 280 g/mol. The number of carbonyl (C=O) groups excluding carboxylic acids is 1. The highest BCUT2D eigenvalue weighted by molar-refractivity contribution is 5.74. The van der Waals surface area contributed by atoms with Gasteiger partial charge in [-0.2, -0.15) is 0 Å². The zero-order valence-corrected chi connectivity index (χ0v) is 13.9. The summed E-state index contributed by atoms with van der Waals surface area (Å²) in [6.07, 6.45) is 1.19. The van der Waals surface area contributed by atoms with E-state index in [9.17, 15) is 4.79 Å². The Morgan fingerprint density at radius 2 is 1.68 bits per heavy atom. The van der Waals surface area contributed by atoms with Gasteiger partial charge in [-0.25, -0.2) is 4.79 Å². The summed E-state index contributed by atoms with van der Waals surface area (Å²) in [5, 5.41) is 2.99. The van der Waals surface area contributed by atoms with E-state index in [1.165, 1.54) is 6.42 Å². The van der Waals surface area contributed by atoms with Gasteiger partial charge in [-0.1, -0.05) is 13.8 Å². The second-order valence-corrected chi connectivity index (χ2v) is 6.23. The van der Waals surface area contributed by atoms with Crippen molar-refractivity contribution >= 4 is 6.03 Å². The predicted octanol–water partition coefficient (Wildman–Crippen LogP) is 2.89. The fraction of sp³-hybridized carbons (Fsp3) is 0.588. The average molecular weight is 306 g/mol. The number of likely N-dealkylation sites (tertiary alicyclic amines) is 1. The second-order valence-electron chi connectivity index (χ2n) is 6.23. The van der Waals surface area contributed by atoms with Crippen LogP contribution in [0, 0.1) is 11.8 Å². The van der Waals surface area contributed by atoms with Crippen molar-refractivity contribution in [3.8, 4) is 11.5 Å². The molecule has 1 aromatic carbocycles. The highest BCUT2D eigenvalue weighted by Crippen LogP contribution is 2.23. The van der Waals surface area contributed by atoms with Crippen LogP contribution >= 0.6 is 0 Å². The van der Waals surface area contributed by atoms with Crippen LogP contribution in [0.5, 0.6) is 11.5 Å². The molecule has 1 aliphatic rings. The fourth-order valence-electron chi connectivity index (χ4n) is 3.09. The van der Waals surface area contributed by atoms with Crippen LogP contribution in [-0.4, -0.2) is 38.2 Å². The van der Waals surface area contributed by atoms with Gasteiger partial charge in [-0.15, -0.1) is 0 Å². The minimum atomic E-state index is 0.000173. The third-order valence-corrected chi connectivity index (χ3v) is 4.01. The number of amides is 2. The van der Waals surface area contributed by atoms with Gasteiger partial charge in [-0.3, -0.25) is 0 Å². The number of benzene rings is 1. The van der Waals surface area contributed by atoms with E-state index in [1.54, 1.807) is 14.2 Å². The minimum absolute atomic E-state index is 0.000173. The number of urea groups is 1. The number of hydrogen-bond donors (Lipinski definition) is 1. The number of rotatable bonds is 4.